The highest BCUT2D eigenvalue weighted by Gasteiger charge is 2.54. The molecular formula is C20H21N9O5S3. The number of β-lactam (4-membered cyclic amide) rings is 1. The SMILES string of the molecule is Cn1nnnc1SCC1=C(C(=O)O)N2C(=O)C(NC(=O)C(=NOC3C=CCC3)c3csc(N)n3)[C@H]2SC1. The number of aryl methyl sites for hydroxylation is 1. The lowest BCUT2D eigenvalue weighted by atomic mass is 10.0. The third-order valence-corrected chi connectivity index (χ3v) is 8.83. The molecule has 194 valence electrons. The van der Waals surface area contributed by atoms with Gasteiger partial charge in [-0.2, -0.15) is 0 Å². The molecule has 2 aromatic heterocycles. The van der Waals surface area contributed by atoms with Crippen molar-refractivity contribution in [3.05, 3.63) is 34.5 Å². The second-order valence-electron chi connectivity index (χ2n) is 8.15. The van der Waals surface area contributed by atoms with Gasteiger partial charge in [0.15, 0.2) is 10.8 Å². The molecule has 0 spiro atoms. The molecular weight excluding hydrogens is 542 g/mol. The van der Waals surface area contributed by atoms with Gasteiger partial charge in [-0.05, 0) is 34.9 Å². The highest BCUT2D eigenvalue weighted by molar-refractivity contribution is 8.01. The molecule has 0 bridgehead atoms. The zero-order valence-corrected chi connectivity index (χ0v) is 21.8. The van der Waals surface area contributed by atoms with Crippen LogP contribution in [-0.2, 0) is 26.3 Å². The van der Waals surface area contributed by atoms with E-state index in [2.05, 4.69) is 31.0 Å². The second-order valence-corrected chi connectivity index (χ2v) is 11.1. The number of tetrazole rings is 1. The normalized spacial score (nSPS) is 23.2. The van der Waals surface area contributed by atoms with Crippen molar-refractivity contribution in [1.29, 1.82) is 0 Å². The number of thiazole rings is 1. The average Bonchev–Trinajstić information content (AvgIpc) is 3.64. The first-order valence-corrected chi connectivity index (χ1v) is 13.9. The number of aliphatic carboxylic acids is 1. The average molecular weight is 564 g/mol. The number of thioether (sulfide) groups is 2. The molecule has 0 aromatic carbocycles. The maximum Gasteiger partial charge on any atom is 0.352 e. The number of carboxylic acid groups (broad SMARTS) is 1. The first kappa shape index (κ1) is 25.2. The van der Waals surface area contributed by atoms with E-state index < -0.39 is 29.2 Å². The standard InChI is InChI=1S/C20H21N9O5S3/c1-28-20(24-26-27-28)37-7-9-6-35-17-13(16(31)29(17)14(9)18(32)33)23-15(30)12(11-8-36-19(21)22-11)25-34-10-4-2-3-5-10/h2,4,8,10,13,17H,3,5-7H2,1H3,(H2,21,22)(H,23,30)(H,32,33)/t10?,13?,17-/m1/s1. The number of hydrogen-bond acceptors (Lipinski definition) is 13. The van der Waals surface area contributed by atoms with E-state index in [1.54, 1.807) is 12.4 Å². The molecule has 2 aliphatic heterocycles. The Bertz CT molecular complexity index is 1340. The smallest absolute Gasteiger partial charge is 0.352 e. The maximum atomic E-state index is 13.2. The molecule has 5 rings (SSSR count). The summed E-state index contributed by atoms with van der Waals surface area (Å²) in [6, 6.07) is -0.934. The van der Waals surface area contributed by atoms with E-state index in [0.29, 0.717) is 22.2 Å². The summed E-state index contributed by atoms with van der Waals surface area (Å²) in [5, 5.41) is 29.6. The minimum absolute atomic E-state index is 0.0839. The van der Waals surface area contributed by atoms with Gasteiger partial charge in [0.1, 0.15) is 28.9 Å². The molecule has 1 aliphatic carbocycles. The fourth-order valence-corrected chi connectivity index (χ4v) is 6.80. The summed E-state index contributed by atoms with van der Waals surface area (Å²) < 4.78 is 1.48. The van der Waals surface area contributed by atoms with Gasteiger partial charge in [-0.1, -0.05) is 23.0 Å². The van der Waals surface area contributed by atoms with E-state index in [0.717, 1.165) is 24.2 Å². The number of aromatic nitrogens is 5. The van der Waals surface area contributed by atoms with Crippen LogP contribution in [0.4, 0.5) is 5.13 Å². The van der Waals surface area contributed by atoms with Gasteiger partial charge in [0.2, 0.25) is 5.16 Å². The van der Waals surface area contributed by atoms with Crippen molar-refractivity contribution in [2.24, 2.45) is 12.2 Å². The number of anilines is 1. The summed E-state index contributed by atoms with van der Waals surface area (Å²) in [5.41, 5.74) is 6.34. The lowest BCUT2D eigenvalue weighted by Crippen LogP contribution is -2.71. The Morgan fingerprint density at radius 1 is 1.43 bits per heavy atom. The molecule has 2 aromatic rings. The van der Waals surface area contributed by atoms with Gasteiger partial charge in [-0.25, -0.2) is 14.5 Å². The van der Waals surface area contributed by atoms with Crippen LogP contribution >= 0.6 is 34.9 Å². The van der Waals surface area contributed by atoms with Gasteiger partial charge in [-0.15, -0.1) is 28.2 Å². The maximum absolute atomic E-state index is 13.2. The quantitative estimate of drug-likeness (QED) is 0.124. The van der Waals surface area contributed by atoms with E-state index in [1.807, 2.05) is 12.2 Å². The van der Waals surface area contributed by atoms with Crippen LogP contribution in [0.5, 0.6) is 0 Å². The molecule has 4 heterocycles. The minimum Gasteiger partial charge on any atom is -0.477 e. The Hall–Kier alpha value is -3.44. The third-order valence-electron chi connectivity index (χ3n) is 5.72. The van der Waals surface area contributed by atoms with E-state index in [1.165, 1.54) is 33.1 Å². The molecule has 0 saturated carbocycles. The van der Waals surface area contributed by atoms with Crippen LogP contribution in [0.3, 0.4) is 0 Å². The fourth-order valence-electron chi connectivity index (χ4n) is 3.91. The third kappa shape index (κ3) is 5.05. The molecule has 0 radical (unpaired) electrons. The van der Waals surface area contributed by atoms with Gasteiger partial charge < -0.3 is 21.0 Å². The molecule has 2 amide bonds. The number of oxime groups is 1. The lowest BCUT2D eigenvalue weighted by Gasteiger charge is -2.49. The van der Waals surface area contributed by atoms with Crippen LogP contribution in [0.1, 0.15) is 18.5 Å². The summed E-state index contributed by atoms with van der Waals surface area (Å²) in [7, 11) is 1.68. The zero-order chi connectivity index (χ0) is 26.1. The number of carboxylic acids is 1. The lowest BCUT2D eigenvalue weighted by molar-refractivity contribution is -0.150. The van der Waals surface area contributed by atoms with Crippen LogP contribution in [0.15, 0.2) is 39.1 Å². The monoisotopic (exact) mass is 563 g/mol. The summed E-state index contributed by atoms with van der Waals surface area (Å²) in [6.45, 7) is 0. The van der Waals surface area contributed by atoms with Crippen LogP contribution in [-0.4, -0.2) is 87.7 Å². The molecule has 17 heteroatoms. The minimum atomic E-state index is -1.21. The number of carbonyl (C=O) groups is 3. The molecule has 1 fully saturated rings. The number of rotatable bonds is 9. The number of nitrogen functional groups attached to an aromatic ring is 1. The number of allylic oxidation sites excluding steroid dienone is 1. The summed E-state index contributed by atoms with van der Waals surface area (Å²) >= 11 is 3.78. The van der Waals surface area contributed by atoms with Crippen LogP contribution in [0, 0.1) is 0 Å². The number of fused-ring (bicyclic) bond motifs is 1. The van der Waals surface area contributed by atoms with Crippen LogP contribution < -0.4 is 11.1 Å². The van der Waals surface area contributed by atoms with Gasteiger partial charge in [-0.3, -0.25) is 14.5 Å². The van der Waals surface area contributed by atoms with Crippen molar-refractivity contribution in [3.8, 4) is 0 Å². The van der Waals surface area contributed by atoms with E-state index in [4.69, 9.17) is 10.6 Å². The van der Waals surface area contributed by atoms with Crippen LogP contribution in [0.25, 0.3) is 0 Å². The molecule has 4 N–H and O–H groups in total. The molecule has 3 atom stereocenters. The second kappa shape index (κ2) is 10.5. The van der Waals surface area contributed by atoms with Gasteiger partial charge in [0.05, 0.1) is 0 Å². The van der Waals surface area contributed by atoms with Crippen molar-refractivity contribution < 1.29 is 24.3 Å². The Morgan fingerprint density at radius 2 is 2.27 bits per heavy atom. The Morgan fingerprint density at radius 3 is 2.92 bits per heavy atom. The number of nitrogens with one attached hydrogen (secondary N) is 1. The van der Waals surface area contributed by atoms with Gasteiger partial charge in [0.25, 0.3) is 11.8 Å². The van der Waals surface area contributed by atoms with Crippen molar-refractivity contribution >= 4 is 63.5 Å². The molecule has 3 aliphatic rings. The van der Waals surface area contributed by atoms with Crippen molar-refractivity contribution in [2.75, 3.05) is 17.2 Å². The molecule has 37 heavy (non-hydrogen) atoms. The molecule has 1 saturated heterocycles. The number of carbonyl (C=O) groups excluding carboxylic acids is 2. The summed E-state index contributed by atoms with van der Waals surface area (Å²) in [4.78, 5) is 49.2. The first-order valence-electron chi connectivity index (χ1n) is 11.0. The molecule has 14 nitrogen and oxygen atoms in total. The van der Waals surface area contributed by atoms with Crippen molar-refractivity contribution in [3.63, 3.8) is 0 Å². The largest absolute Gasteiger partial charge is 0.477 e. The van der Waals surface area contributed by atoms with E-state index >= 15 is 0 Å². The van der Waals surface area contributed by atoms with Crippen molar-refractivity contribution in [2.45, 2.75) is 35.5 Å². The Balaban J connectivity index is 1.31. The van der Waals surface area contributed by atoms with Gasteiger partial charge in [0, 0.05) is 23.9 Å². The number of hydrogen-bond donors (Lipinski definition) is 3. The first-order chi connectivity index (χ1) is 17.8. The van der Waals surface area contributed by atoms with Gasteiger partial charge >= 0.3 is 5.97 Å². The van der Waals surface area contributed by atoms with E-state index in [-0.39, 0.29) is 28.3 Å². The topological polar surface area (TPSA) is 191 Å². The highest BCUT2D eigenvalue weighted by atomic mass is 32.2. The highest BCUT2D eigenvalue weighted by Crippen LogP contribution is 2.41. The predicted octanol–water partition coefficient (Wildman–Crippen LogP) is 0.219. The summed E-state index contributed by atoms with van der Waals surface area (Å²) in [6.07, 6.45) is 5.16. The molecule has 2 unspecified atom stereocenters. The fraction of sp³-hybridized carbons (Fsp3) is 0.400. The van der Waals surface area contributed by atoms with Crippen molar-refractivity contribution in [1.82, 2.24) is 35.4 Å². The predicted molar refractivity (Wildman–Crippen MR) is 136 cm³/mol. The number of nitrogens with zero attached hydrogens (tertiary/aromatic N) is 7. The van der Waals surface area contributed by atoms with Crippen LogP contribution in [0.2, 0.25) is 0 Å². The number of amides is 2. The zero-order valence-electron chi connectivity index (χ0n) is 19.3. The van der Waals surface area contributed by atoms with E-state index in [9.17, 15) is 19.5 Å². The Kier molecular flexibility index (Phi) is 7.16. The Labute approximate surface area is 222 Å². The number of nitrogens with two attached hydrogens (primary N) is 1. The summed E-state index contributed by atoms with van der Waals surface area (Å²) in [5.74, 6) is -1.74.